The highest BCUT2D eigenvalue weighted by molar-refractivity contribution is 5.89. The molecule has 0 aromatic heterocycles. The number of carbonyl (C=O) groups is 2. The molecule has 0 saturated heterocycles. The van der Waals surface area contributed by atoms with E-state index in [0.29, 0.717) is 11.3 Å². The third-order valence-corrected chi connectivity index (χ3v) is 4.86. The Labute approximate surface area is 154 Å². The van der Waals surface area contributed by atoms with Gasteiger partial charge < -0.3 is 15.2 Å². The summed E-state index contributed by atoms with van der Waals surface area (Å²) in [6, 6.07) is 16.2. The number of ether oxygens (including phenoxy) is 1. The number of rotatable bonds is 7. The zero-order chi connectivity index (χ0) is 19.4. The van der Waals surface area contributed by atoms with Crippen molar-refractivity contribution in [2.45, 2.75) is 31.6 Å². The molecule has 0 bridgehead atoms. The smallest absolute Gasteiger partial charge is 0.315 e. The van der Waals surface area contributed by atoms with Crippen LogP contribution in [0.3, 0.4) is 0 Å². The first kappa shape index (κ1) is 19.5. The number of hydrogen-bond acceptors (Lipinski definition) is 3. The summed E-state index contributed by atoms with van der Waals surface area (Å²) in [5.41, 5.74) is -0.530. The standard InChI is InChI=1S/C21H25NO4/c1-20(2,15-10-12-17(26-4)13-11-15)18(23)22-14-21(3,19(24)25)16-8-6-5-7-9-16/h5-13H,14H2,1-4H3,(H,22,23)(H,24,25). The molecule has 1 atom stereocenters. The lowest BCUT2D eigenvalue weighted by molar-refractivity contribution is -0.143. The third-order valence-electron chi connectivity index (χ3n) is 4.86. The quantitative estimate of drug-likeness (QED) is 0.800. The summed E-state index contributed by atoms with van der Waals surface area (Å²) in [5, 5.41) is 12.5. The zero-order valence-electron chi connectivity index (χ0n) is 15.6. The Kier molecular flexibility index (Phi) is 5.70. The molecule has 5 nitrogen and oxygen atoms in total. The van der Waals surface area contributed by atoms with E-state index in [4.69, 9.17) is 4.74 Å². The van der Waals surface area contributed by atoms with Gasteiger partial charge in [-0.2, -0.15) is 0 Å². The lowest BCUT2D eigenvalue weighted by Crippen LogP contribution is -2.48. The normalized spacial score (nSPS) is 13.5. The SMILES string of the molecule is COc1ccc(C(C)(C)C(=O)NCC(C)(C(=O)O)c2ccccc2)cc1. The van der Waals surface area contributed by atoms with Gasteiger partial charge in [-0.05, 0) is 44.0 Å². The first-order chi connectivity index (χ1) is 12.2. The minimum atomic E-state index is -1.20. The second-order valence-corrected chi connectivity index (χ2v) is 7.04. The third kappa shape index (κ3) is 3.87. The van der Waals surface area contributed by atoms with Crippen LogP contribution in [-0.4, -0.2) is 30.6 Å². The van der Waals surface area contributed by atoms with Crippen molar-refractivity contribution in [3.8, 4) is 5.75 Å². The van der Waals surface area contributed by atoms with Gasteiger partial charge in [0.15, 0.2) is 0 Å². The number of nitrogens with one attached hydrogen (secondary N) is 1. The van der Waals surface area contributed by atoms with E-state index >= 15 is 0 Å². The molecule has 1 unspecified atom stereocenters. The maximum Gasteiger partial charge on any atom is 0.315 e. The summed E-state index contributed by atoms with van der Waals surface area (Å²) in [7, 11) is 1.59. The Balaban J connectivity index is 2.18. The van der Waals surface area contributed by atoms with Crippen molar-refractivity contribution >= 4 is 11.9 Å². The van der Waals surface area contributed by atoms with Crippen molar-refractivity contribution in [1.29, 1.82) is 0 Å². The van der Waals surface area contributed by atoms with E-state index < -0.39 is 16.8 Å². The van der Waals surface area contributed by atoms with Crippen LogP contribution in [0, 0.1) is 0 Å². The number of aliphatic carboxylic acids is 1. The molecule has 2 aromatic carbocycles. The van der Waals surface area contributed by atoms with Gasteiger partial charge in [-0.15, -0.1) is 0 Å². The van der Waals surface area contributed by atoms with Gasteiger partial charge in [0.25, 0.3) is 0 Å². The van der Waals surface area contributed by atoms with Gasteiger partial charge in [0.2, 0.25) is 5.91 Å². The van der Waals surface area contributed by atoms with Gasteiger partial charge in [0.1, 0.15) is 11.2 Å². The number of benzene rings is 2. The number of carboxylic acid groups (broad SMARTS) is 1. The number of amides is 1. The van der Waals surface area contributed by atoms with Crippen LogP contribution >= 0.6 is 0 Å². The average molecular weight is 355 g/mol. The van der Waals surface area contributed by atoms with E-state index in [-0.39, 0.29) is 12.5 Å². The minimum absolute atomic E-state index is 0.00473. The number of hydrogen-bond donors (Lipinski definition) is 2. The van der Waals surface area contributed by atoms with Crippen molar-refractivity contribution in [3.05, 3.63) is 65.7 Å². The fourth-order valence-electron chi connectivity index (χ4n) is 2.72. The predicted molar refractivity (Wildman–Crippen MR) is 100 cm³/mol. The van der Waals surface area contributed by atoms with Crippen LogP contribution in [0.1, 0.15) is 31.9 Å². The molecule has 0 radical (unpaired) electrons. The van der Waals surface area contributed by atoms with Crippen LogP contribution in [0.15, 0.2) is 54.6 Å². The maximum absolute atomic E-state index is 12.8. The molecule has 0 fully saturated rings. The Bertz CT molecular complexity index is 768. The van der Waals surface area contributed by atoms with E-state index in [1.807, 2.05) is 32.0 Å². The lowest BCUT2D eigenvalue weighted by atomic mass is 9.80. The molecule has 5 heteroatoms. The first-order valence-electron chi connectivity index (χ1n) is 8.43. The molecule has 2 aromatic rings. The molecule has 0 aliphatic heterocycles. The van der Waals surface area contributed by atoms with Gasteiger partial charge in [-0.25, -0.2) is 0 Å². The topological polar surface area (TPSA) is 75.6 Å². The molecule has 2 N–H and O–H groups in total. The number of methoxy groups -OCH3 is 1. The fourth-order valence-corrected chi connectivity index (χ4v) is 2.72. The summed E-state index contributed by atoms with van der Waals surface area (Å²) in [5.74, 6) is -0.496. The van der Waals surface area contributed by atoms with E-state index in [2.05, 4.69) is 5.32 Å². The summed E-state index contributed by atoms with van der Waals surface area (Å²) < 4.78 is 5.14. The van der Waals surface area contributed by atoms with Crippen LogP contribution in [-0.2, 0) is 20.4 Å². The van der Waals surface area contributed by atoms with Gasteiger partial charge in [-0.1, -0.05) is 42.5 Å². The van der Waals surface area contributed by atoms with Gasteiger partial charge in [0, 0.05) is 6.54 Å². The molecule has 0 aliphatic carbocycles. The van der Waals surface area contributed by atoms with Crippen molar-refractivity contribution in [3.63, 3.8) is 0 Å². The summed E-state index contributed by atoms with van der Waals surface area (Å²) in [6.07, 6.45) is 0. The summed E-state index contributed by atoms with van der Waals surface area (Å²) >= 11 is 0. The molecule has 2 rings (SSSR count). The summed E-state index contributed by atoms with van der Waals surface area (Å²) in [4.78, 5) is 24.6. The predicted octanol–water partition coefficient (Wildman–Crippen LogP) is 3.13. The van der Waals surface area contributed by atoms with E-state index in [0.717, 1.165) is 5.56 Å². The van der Waals surface area contributed by atoms with Gasteiger partial charge in [0.05, 0.1) is 12.5 Å². The van der Waals surface area contributed by atoms with Crippen LogP contribution in [0.25, 0.3) is 0 Å². The zero-order valence-corrected chi connectivity index (χ0v) is 15.6. The van der Waals surface area contributed by atoms with Crippen molar-refractivity contribution in [2.75, 3.05) is 13.7 Å². The molecule has 0 aliphatic rings. The molecule has 0 spiro atoms. The second kappa shape index (κ2) is 7.60. The Hall–Kier alpha value is -2.82. The monoisotopic (exact) mass is 355 g/mol. The summed E-state index contributed by atoms with van der Waals surface area (Å²) in [6.45, 7) is 5.24. The molecule has 138 valence electrons. The largest absolute Gasteiger partial charge is 0.497 e. The number of carbonyl (C=O) groups excluding carboxylic acids is 1. The highest BCUT2D eigenvalue weighted by atomic mass is 16.5. The van der Waals surface area contributed by atoms with Gasteiger partial charge >= 0.3 is 5.97 Å². The van der Waals surface area contributed by atoms with E-state index in [1.165, 1.54) is 0 Å². The Morgan fingerprint density at radius 1 is 0.962 bits per heavy atom. The highest BCUT2D eigenvalue weighted by Crippen LogP contribution is 2.27. The van der Waals surface area contributed by atoms with Crippen molar-refractivity contribution in [2.24, 2.45) is 0 Å². The second-order valence-electron chi connectivity index (χ2n) is 7.04. The molecular weight excluding hydrogens is 330 g/mol. The van der Waals surface area contributed by atoms with Crippen LogP contribution in [0.4, 0.5) is 0 Å². The van der Waals surface area contributed by atoms with E-state index in [9.17, 15) is 14.7 Å². The number of carboxylic acids is 1. The van der Waals surface area contributed by atoms with Crippen molar-refractivity contribution < 1.29 is 19.4 Å². The maximum atomic E-state index is 12.8. The van der Waals surface area contributed by atoms with Gasteiger partial charge in [-0.3, -0.25) is 9.59 Å². The average Bonchev–Trinajstić information content (AvgIpc) is 2.66. The first-order valence-corrected chi connectivity index (χ1v) is 8.43. The van der Waals surface area contributed by atoms with Crippen LogP contribution < -0.4 is 10.1 Å². The minimum Gasteiger partial charge on any atom is -0.497 e. The van der Waals surface area contributed by atoms with Crippen LogP contribution in [0.2, 0.25) is 0 Å². The molecule has 0 heterocycles. The molecule has 1 amide bonds. The highest BCUT2D eigenvalue weighted by Gasteiger charge is 2.37. The van der Waals surface area contributed by atoms with Crippen molar-refractivity contribution in [1.82, 2.24) is 5.32 Å². The molecule has 26 heavy (non-hydrogen) atoms. The van der Waals surface area contributed by atoms with Crippen LogP contribution in [0.5, 0.6) is 5.75 Å². The Morgan fingerprint density at radius 2 is 1.54 bits per heavy atom. The lowest BCUT2D eigenvalue weighted by Gasteiger charge is -2.29. The molecular formula is C21H25NO4. The molecule has 0 saturated carbocycles. The Morgan fingerprint density at radius 3 is 2.04 bits per heavy atom. The van der Waals surface area contributed by atoms with E-state index in [1.54, 1.807) is 50.4 Å². The fraction of sp³-hybridized carbons (Fsp3) is 0.333.